The molecule has 0 bridgehead atoms. The smallest absolute Gasteiger partial charge is 0.224 e. The molecule has 1 N–H and O–H groups in total. The van der Waals surface area contributed by atoms with Gasteiger partial charge < -0.3 is 19.5 Å². The van der Waals surface area contributed by atoms with Gasteiger partial charge in [-0.2, -0.15) is 5.26 Å². The van der Waals surface area contributed by atoms with E-state index < -0.39 is 0 Å². The molecule has 0 atom stereocenters. The molecule has 3 aromatic rings. The number of aryl methyl sites for hydroxylation is 2. The summed E-state index contributed by atoms with van der Waals surface area (Å²) >= 11 is 0. The van der Waals surface area contributed by atoms with Gasteiger partial charge in [-0.25, -0.2) is 0 Å². The molecule has 3 rings (SSSR count). The van der Waals surface area contributed by atoms with Crippen LogP contribution in [0.25, 0.3) is 0 Å². The summed E-state index contributed by atoms with van der Waals surface area (Å²) in [5, 5.41) is 11.8. The Balaban J connectivity index is 1.59. The highest BCUT2D eigenvalue weighted by Gasteiger charge is 2.09. The van der Waals surface area contributed by atoms with Crippen molar-refractivity contribution in [1.82, 2.24) is 0 Å². The molecule has 0 unspecified atom stereocenters. The number of benzene rings is 3. The number of ether oxygens (including phenoxy) is 3. The Labute approximate surface area is 182 Å². The number of amides is 1. The highest BCUT2D eigenvalue weighted by Crippen LogP contribution is 2.27. The third-order valence-electron chi connectivity index (χ3n) is 4.74. The standard InChI is InChI=1S/C25H24N2O4/c1-17-12-21(31-20-7-4-18(16-26)5-8-20)9-10-24(17)27-25(28)11-6-19-13-22(29-2)15-23(14-19)30-3/h4-5,7-10,12-15H,6,11H2,1-3H3,(H,27,28). The minimum atomic E-state index is -0.0781. The quantitative estimate of drug-likeness (QED) is 0.543. The second kappa shape index (κ2) is 10.2. The van der Waals surface area contributed by atoms with Gasteiger partial charge in [0.25, 0.3) is 0 Å². The van der Waals surface area contributed by atoms with Crippen molar-refractivity contribution in [3.63, 3.8) is 0 Å². The molecule has 6 nitrogen and oxygen atoms in total. The minimum absolute atomic E-state index is 0.0781. The normalized spacial score (nSPS) is 10.1. The minimum Gasteiger partial charge on any atom is -0.497 e. The van der Waals surface area contributed by atoms with E-state index in [1.54, 1.807) is 50.6 Å². The molecule has 0 heterocycles. The molecule has 0 radical (unpaired) electrons. The van der Waals surface area contributed by atoms with Gasteiger partial charge in [0.2, 0.25) is 5.91 Å². The molecule has 3 aromatic carbocycles. The molecule has 0 aliphatic heterocycles. The number of hydrogen-bond acceptors (Lipinski definition) is 5. The van der Waals surface area contributed by atoms with Crippen LogP contribution in [0.3, 0.4) is 0 Å². The van der Waals surface area contributed by atoms with Crippen molar-refractivity contribution in [2.75, 3.05) is 19.5 Å². The molecular formula is C25H24N2O4. The van der Waals surface area contributed by atoms with Crippen LogP contribution in [0.15, 0.2) is 60.7 Å². The van der Waals surface area contributed by atoms with E-state index in [0.29, 0.717) is 41.4 Å². The molecule has 31 heavy (non-hydrogen) atoms. The summed E-state index contributed by atoms with van der Waals surface area (Å²) < 4.78 is 16.4. The fraction of sp³-hybridized carbons (Fsp3) is 0.200. The number of carbonyl (C=O) groups excluding carboxylic acids is 1. The topological polar surface area (TPSA) is 80.6 Å². The van der Waals surface area contributed by atoms with Gasteiger partial charge in [-0.1, -0.05) is 0 Å². The van der Waals surface area contributed by atoms with Crippen LogP contribution in [0, 0.1) is 18.3 Å². The highest BCUT2D eigenvalue weighted by atomic mass is 16.5. The van der Waals surface area contributed by atoms with Crippen molar-refractivity contribution >= 4 is 11.6 Å². The Morgan fingerprint density at radius 1 is 0.903 bits per heavy atom. The van der Waals surface area contributed by atoms with Crippen molar-refractivity contribution in [2.45, 2.75) is 19.8 Å². The zero-order valence-electron chi connectivity index (χ0n) is 17.8. The summed E-state index contributed by atoms with van der Waals surface area (Å²) in [5.41, 5.74) is 3.17. The van der Waals surface area contributed by atoms with Crippen LogP contribution in [0.5, 0.6) is 23.0 Å². The van der Waals surface area contributed by atoms with Gasteiger partial charge in [-0.05, 0) is 79.1 Å². The summed E-state index contributed by atoms with van der Waals surface area (Å²) in [6.07, 6.45) is 0.900. The summed E-state index contributed by atoms with van der Waals surface area (Å²) in [7, 11) is 3.20. The number of nitrogens with one attached hydrogen (secondary N) is 1. The van der Waals surface area contributed by atoms with Crippen molar-refractivity contribution in [3.8, 4) is 29.1 Å². The van der Waals surface area contributed by atoms with Crippen molar-refractivity contribution in [1.29, 1.82) is 5.26 Å². The molecule has 0 saturated heterocycles. The van der Waals surface area contributed by atoms with Crippen LogP contribution in [-0.2, 0) is 11.2 Å². The lowest BCUT2D eigenvalue weighted by molar-refractivity contribution is -0.116. The molecule has 6 heteroatoms. The molecule has 0 saturated carbocycles. The highest BCUT2D eigenvalue weighted by molar-refractivity contribution is 5.91. The van der Waals surface area contributed by atoms with Gasteiger partial charge in [0.05, 0.1) is 25.9 Å². The Morgan fingerprint density at radius 3 is 2.13 bits per heavy atom. The van der Waals surface area contributed by atoms with Crippen LogP contribution >= 0.6 is 0 Å². The summed E-state index contributed by atoms with van der Waals surface area (Å²) in [6.45, 7) is 1.91. The Morgan fingerprint density at radius 2 is 1.55 bits per heavy atom. The molecular weight excluding hydrogens is 392 g/mol. The number of nitrogens with zero attached hydrogens (tertiary/aromatic N) is 1. The average Bonchev–Trinajstić information content (AvgIpc) is 2.79. The van der Waals surface area contributed by atoms with Gasteiger partial charge in [-0.3, -0.25) is 4.79 Å². The van der Waals surface area contributed by atoms with Crippen LogP contribution in [0.1, 0.15) is 23.1 Å². The van der Waals surface area contributed by atoms with E-state index in [0.717, 1.165) is 16.8 Å². The summed E-state index contributed by atoms with van der Waals surface area (Å²) in [6, 6.07) is 20.1. The second-order valence-corrected chi connectivity index (χ2v) is 6.98. The van der Waals surface area contributed by atoms with E-state index in [4.69, 9.17) is 19.5 Å². The van der Waals surface area contributed by atoms with Gasteiger partial charge in [0.15, 0.2) is 0 Å². The zero-order chi connectivity index (χ0) is 22.2. The Bertz CT molecular complexity index is 1080. The average molecular weight is 416 g/mol. The second-order valence-electron chi connectivity index (χ2n) is 6.98. The van der Waals surface area contributed by atoms with E-state index in [-0.39, 0.29) is 5.91 Å². The lowest BCUT2D eigenvalue weighted by Crippen LogP contribution is -2.13. The Hall–Kier alpha value is -3.98. The summed E-state index contributed by atoms with van der Waals surface area (Å²) in [4.78, 5) is 12.5. The number of nitriles is 1. The third-order valence-corrected chi connectivity index (χ3v) is 4.74. The van der Waals surface area contributed by atoms with Gasteiger partial charge in [0.1, 0.15) is 23.0 Å². The van der Waals surface area contributed by atoms with E-state index in [1.807, 2.05) is 31.2 Å². The number of rotatable bonds is 8. The fourth-order valence-electron chi connectivity index (χ4n) is 3.05. The first-order chi connectivity index (χ1) is 15.0. The zero-order valence-corrected chi connectivity index (χ0v) is 17.8. The van der Waals surface area contributed by atoms with E-state index in [1.165, 1.54) is 0 Å². The predicted molar refractivity (Wildman–Crippen MR) is 119 cm³/mol. The van der Waals surface area contributed by atoms with Gasteiger partial charge >= 0.3 is 0 Å². The van der Waals surface area contributed by atoms with E-state index >= 15 is 0 Å². The number of methoxy groups -OCH3 is 2. The van der Waals surface area contributed by atoms with Crippen LogP contribution in [-0.4, -0.2) is 20.1 Å². The third kappa shape index (κ3) is 6.00. The number of carbonyl (C=O) groups is 1. The first-order valence-electron chi connectivity index (χ1n) is 9.81. The van der Waals surface area contributed by atoms with Crippen molar-refractivity contribution in [2.24, 2.45) is 0 Å². The first kappa shape index (κ1) is 21.7. The maximum Gasteiger partial charge on any atom is 0.224 e. The van der Waals surface area contributed by atoms with Gasteiger partial charge in [-0.15, -0.1) is 0 Å². The number of anilines is 1. The molecule has 0 fully saturated rings. The monoisotopic (exact) mass is 416 g/mol. The lowest BCUT2D eigenvalue weighted by atomic mass is 10.1. The molecule has 0 aliphatic rings. The molecule has 158 valence electrons. The Kier molecular flexibility index (Phi) is 7.13. The van der Waals surface area contributed by atoms with Crippen molar-refractivity contribution < 1.29 is 19.0 Å². The van der Waals surface area contributed by atoms with Crippen LogP contribution < -0.4 is 19.5 Å². The van der Waals surface area contributed by atoms with Crippen LogP contribution in [0.4, 0.5) is 5.69 Å². The SMILES string of the molecule is COc1cc(CCC(=O)Nc2ccc(Oc3ccc(C#N)cc3)cc2C)cc(OC)c1. The molecule has 0 aliphatic carbocycles. The molecule has 0 aromatic heterocycles. The van der Waals surface area contributed by atoms with Gasteiger partial charge in [0, 0.05) is 18.2 Å². The first-order valence-corrected chi connectivity index (χ1v) is 9.81. The number of hydrogen-bond donors (Lipinski definition) is 1. The van der Waals surface area contributed by atoms with Crippen molar-refractivity contribution in [3.05, 3.63) is 77.4 Å². The summed E-state index contributed by atoms with van der Waals surface area (Å²) in [5.74, 6) is 2.62. The van der Waals surface area contributed by atoms with E-state index in [2.05, 4.69) is 11.4 Å². The largest absolute Gasteiger partial charge is 0.497 e. The molecule has 0 spiro atoms. The fourth-order valence-corrected chi connectivity index (χ4v) is 3.05. The van der Waals surface area contributed by atoms with E-state index in [9.17, 15) is 4.79 Å². The maximum absolute atomic E-state index is 12.5. The lowest BCUT2D eigenvalue weighted by Gasteiger charge is -2.12. The maximum atomic E-state index is 12.5. The van der Waals surface area contributed by atoms with Crippen LogP contribution in [0.2, 0.25) is 0 Å². The molecule has 1 amide bonds. The predicted octanol–water partition coefficient (Wildman–Crippen LogP) is 5.25.